The molecule has 1 N–H and O–H groups in total. The molecule has 0 aliphatic carbocycles. The highest BCUT2D eigenvalue weighted by Crippen LogP contribution is 2.33. The summed E-state index contributed by atoms with van der Waals surface area (Å²) >= 11 is 1.12. The fourth-order valence-corrected chi connectivity index (χ4v) is 3.72. The highest BCUT2D eigenvalue weighted by molar-refractivity contribution is 8.16. The van der Waals surface area contributed by atoms with Crippen LogP contribution >= 0.6 is 11.8 Å². The standard InChI is InChI=1S/C20H20N4O3S/c1-23(2)15-10-8-14(9-11-15)13-21-22-20-24(16-6-4-3-5-7-16)19(27)17(28-20)12-18(25)26/h3-11,13,17H,12H2,1-2H3,(H,25,26)/b21-13+,22-20-. The number of carboxylic acid groups (broad SMARTS) is 1. The Bertz CT molecular complexity index is 911. The van der Waals surface area contributed by atoms with E-state index in [-0.39, 0.29) is 12.3 Å². The zero-order chi connectivity index (χ0) is 20.1. The Hall–Kier alpha value is -3.13. The number of hydrogen-bond acceptors (Lipinski definition) is 6. The lowest BCUT2D eigenvalue weighted by atomic mass is 10.2. The van der Waals surface area contributed by atoms with Gasteiger partial charge in [0.2, 0.25) is 5.91 Å². The van der Waals surface area contributed by atoms with Crippen LogP contribution in [0.4, 0.5) is 11.4 Å². The molecule has 0 radical (unpaired) electrons. The predicted octanol–water partition coefficient (Wildman–Crippen LogP) is 3.07. The first-order valence-corrected chi connectivity index (χ1v) is 9.49. The van der Waals surface area contributed by atoms with Crippen LogP contribution in [0.5, 0.6) is 0 Å². The Kier molecular flexibility index (Phi) is 6.10. The Morgan fingerprint density at radius 3 is 2.46 bits per heavy atom. The Morgan fingerprint density at radius 1 is 1.18 bits per heavy atom. The van der Waals surface area contributed by atoms with Gasteiger partial charge in [0, 0.05) is 19.8 Å². The van der Waals surface area contributed by atoms with E-state index in [1.807, 2.05) is 61.5 Å². The van der Waals surface area contributed by atoms with Gasteiger partial charge in [0.1, 0.15) is 5.25 Å². The van der Waals surface area contributed by atoms with Crippen LogP contribution < -0.4 is 9.80 Å². The van der Waals surface area contributed by atoms with Gasteiger partial charge in [-0.1, -0.05) is 42.1 Å². The summed E-state index contributed by atoms with van der Waals surface area (Å²) < 4.78 is 0. The fraction of sp³-hybridized carbons (Fsp3) is 0.200. The number of amides is 1. The lowest BCUT2D eigenvalue weighted by Crippen LogP contribution is -2.32. The van der Waals surface area contributed by atoms with E-state index in [2.05, 4.69) is 10.2 Å². The molecular weight excluding hydrogens is 376 g/mol. The third kappa shape index (κ3) is 4.58. The van der Waals surface area contributed by atoms with E-state index in [9.17, 15) is 9.59 Å². The molecule has 1 atom stereocenters. The van der Waals surface area contributed by atoms with Gasteiger partial charge in [0.25, 0.3) is 0 Å². The van der Waals surface area contributed by atoms with Crippen LogP contribution in [0.15, 0.2) is 64.8 Å². The number of amidine groups is 1. The molecule has 144 valence electrons. The molecule has 1 fully saturated rings. The van der Waals surface area contributed by atoms with Crippen LogP contribution in [0, 0.1) is 0 Å². The Morgan fingerprint density at radius 2 is 1.86 bits per heavy atom. The lowest BCUT2D eigenvalue weighted by molar-refractivity contribution is -0.138. The summed E-state index contributed by atoms with van der Waals surface area (Å²) in [6.07, 6.45) is 1.34. The molecule has 1 saturated heterocycles. The maximum absolute atomic E-state index is 12.7. The smallest absolute Gasteiger partial charge is 0.305 e. The highest BCUT2D eigenvalue weighted by Gasteiger charge is 2.40. The number of aliphatic carboxylic acids is 1. The third-order valence-corrected chi connectivity index (χ3v) is 5.20. The van der Waals surface area contributed by atoms with Gasteiger partial charge < -0.3 is 10.0 Å². The van der Waals surface area contributed by atoms with Crippen molar-refractivity contribution in [3.63, 3.8) is 0 Å². The molecule has 8 heteroatoms. The largest absolute Gasteiger partial charge is 0.481 e. The number of carbonyl (C=O) groups excluding carboxylic acids is 1. The normalized spacial score (nSPS) is 18.2. The minimum atomic E-state index is -1.02. The molecule has 7 nitrogen and oxygen atoms in total. The maximum Gasteiger partial charge on any atom is 0.305 e. The number of hydrogen-bond donors (Lipinski definition) is 1. The molecule has 1 amide bonds. The summed E-state index contributed by atoms with van der Waals surface area (Å²) in [5.74, 6) is -1.33. The summed E-state index contributed by atoms with van der Waals surface area (Å²) in [7, 11) is 3.93. The minimum Gasteiger partial charge on any atom is -0.481 e. The van der Waals surface area contributed by atoms with Crippen molar-refractivity contribution in [1.82, 2.24) is 0 Å². The van der Waals surface area contributed by atoms with Crippen LogP contribution in [0.25, 0.3) is 0 Å². The zero-order valence-electron chi connectivity index (χ0n) is 15.5. The van der Waals surface area contributed by atoms with Gasteiger partial charge >= 0.3 is 5.97 Å². The van der Waals surface area contributed by atoms with E-state index in [4.69, 9.17) is 5.11 Å². The van der Waals surface area contributed by atoms with E-state index in [0.717, 1.165) is 23.0 Å². The molecule has 1 aliphatic heterocycles. The number of anilines is 2. The number of thioether (sulfide) groups is 1. The Balaban J connectivity index is 1.84. The summed E-state index contributed by atoms with van der Waals surface area (Å²) in [6, 6.07) is 16.8. The van der Waals surface area contributed by atoms with Crippen molar-refractivity contribution in [3.8, 4) is 0 Å². The summed E-state index contributed by atoms with van der Waals surface area (Å²) in [5.41, 5.74) is 2.59. The van der Waals surface area contributed by atoms with Crippen molar-refractivity contribution < 1.29 is 14.7 Å². The van der Waals surface area contributed by atoms with Gasteiger partial charge in [0.15, 0.2) is 5.17 Å². The highest BCUT2D eigenvalue weighted by atomic mass is 32.2. The topological polar surface area (TPSA) is 85.6 Å². The number of para-hydroxylation sites is 1. The molecule has 2 aromatic carbocycles. The van der Waals surface area contributed by atoms with Crippen molar-refractivity contribution >= 4 is 46.4 Å². The number of nitrogens with zero attached hydrogens (tertiary/aromatic N) is 4. The fourth-order valence-electron chi connectivity index (χ4n) is 2.64. The summed E-state index contributed by atoms with van der Waals surface area (Å²) in [5, 5.41) is 17.0. The average molecular weight is 396 g/mol. The molecular formula is C20H20N4O3S. The first kappa shape index (κ1) is 19.6. The monoisotopic (exact) mass is 396 g/mol. The molecule has 28 heavy (non-hydrogen) atoms. The molecule has 0 bridgehead atoms. The minimum absolute atomic E-state index is 0.262. The second-order valence-electron chi connectivity index (χ2n) is 6.33. The van der Waals surface area contributed by atoms with E-state index >= 15 is 0 Å². The van der Waals surface area contributed by atoms with Crippen molar-refractivity contribution in [1.29, 1.82) is 0 Å². The number of carboxylic acids is 1. The first-order chi connectivity index (χ1) is 13.5. The molecule has 1 unspecified atom stereocenters. The van der Waals surface area contributed by atoms with Gasteiger partial charge in [-0.3, -0.25) is 14.5 Å². The van der Waals surface area contributed by atoms with Crippen molar-refractivity contribution in [2.45, 2.75) is 11.7 Å². The molecule has 0 spiro atoms. The second-order valence-corrected chi connectivity index (χ2v) is 7.50. The van der Waals surface area contributed by atoms with Crippen LogP contribution in [-0.2, 0) is 9.59 Å². The van der Waals surface area contributed by atoms with Crippen molar-refractivity contribution in [2.75, 3.05) is 23.9 Å². The predicted molar refractivity (Wildman–Crippen MR) is 113 cm³/mol. The molecule has 0 saturated carbocycles. The van der Waals surface area contributed by atoms with Gasteiger partial charge in [-0.2, -0.15) is 5.10 Å². The third-order valence-electron chi connectivity index (χ3n) is 4.07. The number of benzene rings is 2. The van der Waals surface area contributed by atoms with Crippen molar-refractivity contribution in [2.24, 2.45) is 10.2 Å². The van der Waals surface area contributed by atoms with Crippen molar-refractivity contribution in [3.05, 3.63) is 60.2 Å². The number of rotatable bonds is 6. The maximum atomic E-state index is 12.7. The van der Waals surface area contributed by atoms with E-state index in [1.54, 1.807) is 18.3 Å². The lowest BCUT2D eigenvalue weighted by Gasteiger charge is -2.15. The first-order valence-electron chi connectivity index (χ1n) is 8.61. The van der Waals surface area contributed by atoms with E-state index in [1.165, 1.54) is 4.90 Å². The SMILES string of the molecule is CN(C)c1ccc(/C=N/N=C2\SC(CC(=O)O)C(=O)N2c2ccccc2)cc1. The van der Waals surface area contributed by atoms with Gasteiger partial charge in [-0.05, 0) is 29.8 Å². The number of carbonyl (C=O) groups is 2. The summed E-state index contributed by atoms with van der Waals surface area (Å²) in [4.78, 5) is 27.2. The molecule has 2 aromatic rings. The quantitative estimate of drug-likeness (QED) is 0.599. The van der Waals surface area contributed by atoms with Gasteiger partial charge in [-0.25, -0.2) is 0 Å². The van der Waals surface area contributed by atoms with Gasteiger partial charge in [0.05, 0.1) is 18.3 Å². The van der Waals surface area contributed by atoms with Gasteiger partial charge in [-0.15, -0.1) is 5.10 Å². The van der Waals surface area contributed by atoms with E-state index < -0.39 is 11.2 Å². The molecule has 1 aliphatic rings. The van der Waals surface area contributed by atoms with Crippen LogP contribution in [0.3, 0.4) is 0 Å². The van der Waals surface area contributed by atoms with Crippen LogP contribution in [0.2, 0.25) is 0 Å². The molecule has 1 heterocycles. The van der Waals surface area contributed by atoms with Crippen LogP contribution in [0.1, 0.15) is 12.0 Å². The average Bonchev–Trinajstić information content (AvgIpc) is 2.97. The summed E-state index contributed by atoms with van der Waals surface area (Å²) in [6.45, 7) is 0. The van der Waals surface area contributed by atoms with E-state index in [0.29, 0.717) is 10.9 Å². The molecule has 3 rings (SSSR count). The van der Waals surface area contributed by atoms with Crippen LogP contribution in [-0.4, -0.2) is 47.7 Å². The Labute approximate surface area is 167 Å². The second kappa shape index (κ2) is 8.71. The molecule has 0 aromatic heterocycles. The zero-order valence-corrected chi connectivity index (χ0v) is 16.3.